The molecule has 2 unspecified atom stereocenters. The molecule has 0 saturated carbocycles. The first-order valence-electron chi connectivity index (χ1n) is 8.48. The quantitative estimate of drug-likeness (QED) is 0.548. The summed E-state index contributed by atoms with van der Waals surface area (Å²) < 4.78 is 18.3. The summed E-state index contributed by atoms with van der Waals surface area (Å²) in [6.45, 7) is 2.57. The van der Waals surface area contributed by atoms with Crippen LogP contribution in [-0.2, 0) is 4.79 Å². The number of nitrogens with zero attached hydrogens (tertiary/aromatic N) is 1. The van der Waals surface area contributed by atoms with Gasteiger partial charge in [0, 0.05) is 6.04 Å². The Bertz CT molecular complexity index is 762. The van der Waals surface area contributed by atoms with Crippen LogP contribution in [0.25, 0.3) is 0 Å². The predicted molar refractivity (Wildman–Crippen MR) is 97.2 cm³/mol. The SMILES string of the molecule is CCOc1ccc(C2CC(C(=O)N/N=C/c3ccc(F)cc3)NN2)cc1. The van der Waals surface area contributed by atoms with E-state index in [9.17, 15) is 9.18 Å². The summed E-state index contributed by atoms with van der Waals surface area (Å²) in [6, 6.07) is 13.3. The third-order valence-electron chi connectivity index (χ3n) is 4.07. The Labute approximate surface area is 151 Å². The highest BCUT2D eigenvalue weighted by Crippen LogP contribution is 2.24. The fourth-order valence-corrected chi connectivity index (χ4v) is 2.71. The van der Waals surface area contributed by atoms with E-state index in [2.05, 4.69) is 21.4 Å². The largest absolute Gasteiger partial charge is 0.494 e. The third kappa shape index (κ3) is 4.65. The molecule has 0 radical (unpaired) electrons. The number of nitrogens with one attached hydrogen (secondary N) is 3. The van der Waals surface area contributed by atoms with E-state index in [-0.39, 0.29) is 17.8 Å². The summed E-state index contributed by atoms with van der Waals surface area (Å²) in [5.74, 6) is 0.281. The first-order chi connectivity index (χ1) is 12.7. The van der Waals surface area contributed by atoms with Crippen LogP contribution in [-0.4, -0.2) is 24.8 Å². The van der Waals surface area contributed by atoms with E-state index in [1.54, 1.807) is 12.1 Å². The van der Waals surface area contributed by atoms with Gasteiger partial charge in [-0.15, -0.1) is 0 Å². The molecule has 0 spiro atoms. The third-order valence-corrected chi connectivity index (χ3v) is 4.07. The zero-order valence-corrected chi connectivity index (χ0v) is 14.4. The molecule has 1 aliphatic heterocycles. The zero-order chi connectivity index (χ0) is 18.4. The fraction of sp³-hybridized carbons (Fsp3) is 0.263. The zero-order valence-electron chi connectivity index (χ0n) is 14.4. The minimum Gasteiger partial charge on any atom is -0.494 e. The Hall–Kier alpha value is -2.77. The maximum absolute atomic E-state index is 12.8. The van der Waals surface area contributed by atoms with Gasteiger partial charge in [0.15, 0.2) is 0 Å². The summed E-state index contributed by atoms with van der Waals surface area (Å²) in [5.41, 5.74) is 10.4. The molecule has 3 N–H and O–H groups in total. The Kier molecular flexibility index (Phi) is 5.93. The van der Waals surface area contributed by atoms with Crippen LogP contribution in [0.5, 0.6) is 5.75 Å². The second kappa shape index (κ2) is 8.55. The monoisotopic (exact) mass is 356 g/mol. The van der Waals surface area contributed by atoms with Crippen molar-refractivity contribution in [3.8, 4) is 5.75 Å². The molecule has 2 aromatic rings. The van der Waals surface area contributed by atoms with Gasteiger partial charge in [0.05, 0.1) is 12.8 Å². The second-order valence-electron chi connectivity index (χ2n) is 5.92. The van der Waals surface area contributed by atoms with Crippen LogP contribution in [0.3, 0.4) is 0 Å². The first kappa shape index (κ1) is 18.0. The number of halogens is 1. The van der Waals surface area contributed by atoms with Crippen molar-refractivity contribution in [3.05, 3.63) is 65.5 Å². The van der Waals surface area contributed by atoms with Crippen LogP contribution < -0.4 is 21.0 Å². The summed E-state index contributed by atoms with van der Waals surface area (Å²) in [7, 11) is 0. The standard InChI is InChI=1S/C19H21FN4O2/c1-2-26-16-9-5-14(6-10-16)17-11-18(23-22-17)19(25)24-21-12-13-3-7-15(20)8-4-13/h3-10,12,17-18,22-23H,2,11H2,1H3,(H,24,25)/b21-12+. The predicted octanol–water partition coefficient (Wildman–Crippen LogP) is 2.28. The summed E-state index contributed by atoms with van der Waals surface area (Å²) >= 11 is 0. The molecule has 0 aromatic heterocycles. The van der Waals surface area contributed by atoms with Crippen molar-refractivity contribution in [1.29, 1.82) is 0 Å². The van der Waals surface area contributed by atoms with Crippen LogP contribution >= 0.6 is 0 Å². The van der Waals surface area contributed by atoms with E-state index >= 15 is 0 Å². The van der Waals surface area contributed by atoms with Crippen LogP contribution in [0.1, 0.15) is 30.5 Å². The first-order valence-corrected chi connectivity index (χ1v) is 8.48. The van der Waals surface area contributed by atoms with Gasteiger partial charge in [-0.1, -0.05) is 24.3 Å². The molecule has 2 atom stereocenters. The lowest BCUT2D eigenvalue weighted by molar-refractivity contribution is -0.122. The number of benzene rings is 2. The highest BCUT2D eigenvalue weighted by atomic mass is 19.1. The van der Waals surface area contributed by atoms with E-state index in [0.29, 0.717) is 18.6 Å². The number of hydrazine groups is 1. The Balaban J connectivity index is 1.51. The van der Waals surface area contributed by atoms with Gasteiger partial charge in [-0.05, 0) is 48.7 Å². The Morgan fingerprint density at radius 1 is 1.23 bits per heavy atom. The molecule has 1 heterocycles. The number of hydrazone groups is 1. The molecule has 1 fully saturated rings. The highest BCUT2D eigenvalue weighted by Gasteiger charge is 2.29. The van der Waals surface area contributed by atoms with Crippen LogP contribution in [0.2, 0.25) is 0 Å². The van der Waals surface area contributed by atoms with E-state index in [4.69, 9.17) is 4.74 Å². The normalized spacial score (nSPS) is 19.6. The fourth-order valence-electron chi connectivity index (χ4n) is 2.71. The number of carbonyl (C=O) groups excluding carboxylic acids is 1. The average molecular weight is 356 g/mol. The van der Waals surface area contributed by atoms with Crippen molar-refractivity contribution >= 4 is 12.1 Å². The summed E-state index contributed by atoms with van der Waals surface area (Å²) in [4.78, 5) is 12.2. The summed E-state index contributed by atoms with van der Waals surface area (Å²) in [6.07, 6.45) is 2.08. The lowest BCUT2D eigenvalue weighted by atomic mass is 10.0. The summed E-state index contributed by atoms with van der Waals surface area (Å²) in [5, 5.41) is 3.91. The van der Waals surface area contributed by atoms with Gasteiger partial charge in [0.25, 0.3) is 5.91 Å². The molecule has 3 rings (SSSR count). The van der Waals surface area contributed by atoms with Crippen molar-refractivity contribution in [2.45, 2.75) is 25.4 Å². The number of amides is 1. The topological polar surface area (TPSA) is 74.8 Å². The Morgan fingerprint density at radius 3 is 2.65 bits per heavy atom. The molecule has 1 amide bonds. The van der Waals surface area contributed by atoms with E-state index < -0.39 is 6.04 Å². The Morgan fingerprint density at radius 2 is 1.96 bits per heavy atom. The lowest BCUT2D eigenvalue weighted by Crippen LogP contribution is -2.41. The van der Waals surface area contributed by atoms with E-state index in [0.717, 1.165) is 11.3 Å². The number of hydrogen-bond acceptors (Lipinski definition) is 5. The molecular formula is C19H21FN4O2. The molecule has 136 valence electrons. The lowest BCUT2D eigenvalue weighted by Gasteiger charge is -2.10. The van der Waals surface area contributed by atoms with Gasteiger partial charge < -0.3 is 4.74 Å². The highest BCUT2D eigenvalue weighted by molar-refractivity contribution is 5.85. The van der Waals surface area contributed by atoms with Crippen molar-refractivity contribution in [2.24, 2.45) is 5.10 Å². The van der Waals surface area contributed by atoms with Crippen molar-refractivity contribution in [1.82, 2.24) is 16.3 Å². The van der Waals surface area contributed by atoms with Crippen molar-refractivity contribution in [3.63, 3.8) is 0 Å². The van der Waals surface area contributed by atoms with Crippen molar-refractivity contribution < 1.29 is 13.9 Å². The van der Waals surface area contributed by atoms with Gasteiger partial charge >= 0.3 is 0 Å². The van der Waals surface area contributed by atoms with Gasteiger partial charge in [-0.3, -0.25) is 4.79 Å². The van der Waals surface area contributed by atoms with Crippen LogP contribution in [0, 0.1) is 5.82 Å². The second-order valence-corrected chi connectivity index (χ2v) is 5.92. The van der Waals surface area contributed by atoms with Crippen LogP contribution in [0.15, 0.2) is 53.6 Å². The molecule has 7 heteroatoms. The number of rotatable bonds is 6. The number of ether oxygens (including phenoxy) is 1. The average Bonchev–Trinajstić information content (AvgIpc) is 3.14. The van der Waals surface area contributed by atoms with E-state index in [1.807, 2.05) is 31.2 Å². The van der Waals surface area contributed by atoms with Gasteiger partial charge in [-0.25, -0.2) is 20.7 Å². The molecular weight excluding hydrogens is 335 g/mol. The molecule has 26 heavy (non-hydrogen) atoms. The number of hydrogen-bond donors (Lipinski definition) is 3. The molecule has 6 nitrogen and oxygen atoms in total. The van der Waals surface area contributed by atoms with Gasteiger partial charge in [0.2, 0.25) is 0 Å². The number of carbonyl (C=O) groups is 1. The van der Waals surface area contributed by atoms with Crippen molar-refractivity contribution in [2.75, 3.05) is 6.61 Å². The smallest absolute Gasteiger partial charge is 0.258 e. The molecule has 1 aliphatic rings. The van der Waals surface area contributed by atoms with E-state index in [1.165, 1.54) is 18.3 Å². The maximum atomic E-state index is 12.8. The maximum Gasteiger partial charge on any atom is 0.258 e. The van der Waals surface area contributed by atoms with Gasteiger partial charge in [-0.2, -0.15) is 5.10 Å². The van der Waals surface area contributed by atoms with Gasteiger partial charge in [0.1, 0.15) is 17.6 Å². The van der Waals surface area contributed by atoms with Crippen LogP contribution in [0.4, 0.5) is 4.39 Å². The minimum absolute atomic E-state index is 0.0301. The molecule has 0 aliphatic carbocycles. The molecule has 2 aromatic carbocycles. The minimum atomic E-state index is -0.392. The molecule has 0 bridgehead atoms. The molecule has 1 saturated heterocycles.